The van der Waals surface area contributed by atoms with E-state index in [0.717, 1.165) is 10.7 Å². The molecule has 0 radical (unpaired) electrons. The summed E-state index contributed by atoms with van der Waals surface area (Å²) in [6.45, 7) is 2.20. The van der Waals surface area contributed by atoms with Crippen LogP contribution in [0.4, 0.5) is 5.82 Å². The van der Waals surface area contributed by atoms with Crippen LogP contribution in [0.5, 0.6) is 0 Å². The maximum Gasteiger partial charge on any atom is 0.227 e. The van der Waals surface area contributed by atoms with Crippen molar-refractivity contribution in [2.45, 2.75) is 19.9 Å². The van der Waals surface area contributed by atoms with Gasteiger partial charge in [-0.25, -0.2) is 0 Å². The summed E-state index contributed by atoms with van der Waals surface area (Å²) in [6, 6.07) is 5.57. The van der Waals surface area contributed by atoms with E-state index in [1.54, 1.807) is 24.3 Å². The Morgan fingerprint density at radius 3 is 3.14 bits per heavy atom. The molecule has 0 saturated carbocycles. The van der Waals surface area contributed by atoms with Crippen molar-refractivity contribution in [3.63, 3.8) is 0 Å². The van der Waals surface area contributed by atoms with E-state index in [2.05, 4.69) is 20.7 Å². The Kier molecular flexibility index (Phi) is 4.16. The lowest BCUT2D eigenvalue weighted by molar-refractivity contribution is -0.116. The van der Waals surface area contributed by atoms with Gasteiger partial charge in [-0.2, -0.15) is 5.10 Å². The lowest BCUT2D eigenvalue weighted by atomic mass is 10.3. The van der Waals surface area contributed by atoms with Gasteiger partial charge in [0.25, 0.3) is 0 Å². The van der Waals surface area contributed by atoms with Gasteiger partial charge in [0.2, 0.25) is 5.91 Å². The van der Waals surface area contributed by atoms with Crippen molar-refractivity contribution in [2.24, 2.45) is 0 Å². The predicted octanol–water partition coefficient (Wildman–Crippen LogP) is 2.99. The van der Waals surface area contributed by atoms with Crippen LogP contribution >= 0.6 is 23.6 Å². The molecule has 1 amide bonds. The van der Waals surface area contributed by atoms with Crippen LogP contribution in [0, 0.1) is 11.7 Å². The third kappa shape index (κ3) is 3.15. The molecule has 114 valence electrons. The first-order valence-electron chi connectivity index (χ1n) is 6.56. The smallest absolute Gasteiger partial charge is 0.227 e. The molecule has 0 spiro atoms. The van der Waals surface area contributed by atoms with Crippen molar-refractivity contribution in [1.29, 1.82) is 0 Å². The molecule has 7 nitrogen and oxygen atoms in total. The summed E-state index contributed by atoms with van der Waals surface area (Å²) >= 11 is 6.79. The lowest BCUT2D eigenvalue weighted by Gasteiger charge is -2.05. The van der Waals surface area contributed by atoms with Crippen LogP contribution in [0.25, 0.3) is 10.7 Å². The van der Waals surface area contributed by atoms with Gasteiger partial charge in [0.1, 0.15) is 5.76 Å². The lowest BCUT2D eigenvalue weighted by Crippen LogP contribution is -2.15. The number of carbonyl (C=O) groups is 1. The molecular weight excluding hydrogens is 322 g/mol. The van der Waals surface area contributed by atoms with E-state index in [1.165, 1.54) is 0 Å². The zero-order valence-electron chi connectivity index (χ0n) is 11.7. The highest BCUT2D eigenvalue weighted by Gasteiger charge is 2.12. The monoisotopic (exact) mass is 335 g/mol. The largest absolute Gasteiger partial charge is 0.360 e. The SMILES string of the molecule is Cc1cc(NC(=O)CCn2c(-c3cccs3)n[nH]c2=S)no1. The highest BCUT2D eigenvalue weighted by molar-refractivity contribution is 7.71. The van der Waals surface area contributed by atoms with Gasteiger partial charge in [0.15, 0.2) is 16.4 Å². The Morgan fingerprint density at radius 1 is 1.59 bits per heavy atom. The molecule has 0 aliphatic heterocycles. The molecule has 22 heavy (non-hydrogen) atoms. The van der Waals surface area contributed by atoms with Crippen molar-refractivity contribution in [1.82, 2.24) is 19.9 Å². The summed E-state index contributed by atoms with van der Waals surface area (Å²) in [5.74, 6) is 1.64. The summed E-state index contributed by atoms with van der Waals surface area (Å²) in [6.07, 6.45) is 0.262. The molecule has 3 heterocycles. The van der Waals surface area contributed by atoms with Gasteiger partial charge in [-0.3, -0.25) is 14.5 Å². The van der Waals surface area contributed by atoms with Crippen LogP contribution in [0.3, 0.4) is 0 Å². The van der Waals surface area contributed by atoms with E-state index >= 15 is 0 Å². The van der Waals surface area contributed by atoms with Crippen LogP contribution in [-0.2, 0) is 11.3 Å². The number of nitrogens with zero attached hydrogens (tertiary/aromatic N) is 3. The fraction of sp³-hybridized carbons (Fsp3) is 0.231. The van der Waals surface area contributed by atoms with E-state index in [9.17, 15) is 4.79 Å². The molecule has 0 atom stereocenters. The highest BCUT2D eigenvalue weighted by Crippen LogP contribution is 2.22. The minimum Gasteiger partial charge on any atom is -0.360 e. The number of aryl methyl sites for hydroxylation is 1. The van der Waals surface area contributed by atoms with Crippen molar-refractivity contribution < 1.29 is 9.32 Å². The second-order valence-electron chi connectivity index (χ2n) is 4.60. The van der Waals surface area contributed by atoms with Crippen LogP contribution in [0.2, 0.25) is 0 Å². The van der Waals surface area contributed by atoms with Gasteiger partial charge in [-0.1, -0.05) is 11.2 Å². The number of nitrogens with one attached hydrogen (secondary N) is 2. The van der Waals surface area contributed by atoms with Crippen molar-refractivity contribution in [3.8, 4) is 10.7 Å². The summed E-state index contributed by atoms with van der Waals surface area (Å²) < 4.78 is 7.21. The van der Waals surface area contributed by atoms with Gasteiger partial charge in [0.05, 0.1) is 4.88 Å². The Labute approximate surface area is 135 Å². The molecule has 2 N–H and O–H groups in total. The average molecular weight is 335 g/mol. The van der Waals surface area contributed by atoms with Crippen molar-refractivity contribution >= 4 is 35.3 Å². The zero-order valence-corrected chi connectivity index (χ0v) is 13.3. The number of hydrogen-bond acceptors (Lipinski definition) is 6. The molecular formula is C13H13N5O2S2. The minimum absolute atomic E-state index is 0.159. The molecule has 0 aliphatic rings. The number of hydrogen-bond donors (Lipinski definition) is 2. The Hall–Kier alpha value is -2.26. The minimum atomic E-state index is -0.159. The summed E-state index contributed by atoms with van der Waals surface area (Å²) in [5, 5.41) is 15.4. The summed E-state index contributed by atoms with van der Waals surface area (Å²) in [4.78, 5) is 13.0. The number of thiophene rings is 1. The molecule has 0 bridgehead atoms. The van der Waals surface area contributed by atoms with Crippen LogP contribution in [-0.4, -0.2) is 25.8 Å². The third-order valence-electron chi connectivity index (χ3n) is 2.96. The molecule has 3 aromatic rings. The predicted molar refractivity (Wildman–Crippen MR) is 85.2 cm³/mol. The first-order valence-corrected chi connectivity index (χ1v) is 7.84. The fourth-order valence-electron chi connectivity index (χ4n) is 1.96. The molecule has 0 unspecified atom stereocenters. The zero-order chi connectivity index (χ0) is 15.5. The van der Waals surface area contributed by atoms with Gasteiger partial charge < -0.3 is 9.84 Å². The Morgan fingerprint density at radius 2 is 2.45 bits per heavy atom. The Bertz CT molecular complexity index is 831. The maximum atomic E-state index is 12.0. The van der Waals surface area contributed by atoms with E-state index in [0.29, 0.717) is 22.9 Å². The standard InChI is InChI=1S/C13H13N5O2S2/c1-8-7-10(17-20-8)14-11(19)4-5-18-12(15-16-13(18)21)9-3-2-6-22-9/h2-3,6-7H,4-5H2,1H3,(H,16,21)(H,14,17,19). The number of anilines is 1. The highest BCUT2D eigenvalue weighted by atomic mass is 32.1. The Balaban J connectivity index is 1.68. The first kappa shape index (κ1) is 14.7. The number of H-pyrrole nitrogens is 1. The number of rotatable bonds is 5. The third-order valence-corrected chi connectivity index (χ3v) is 4.14. The van der Waals surface area contributed by atoms with Crippen LogP contribution in [0.15, 0.2) is 28.1 Å². The normalized spacial score (nSPS) is 10.8. The number of aromatic nitrogens is 4. The van der Waals surface area contributed by atoms with Crippen LogP contribution < -0.4 is 5.32 Å². The van der Waals surface area contributed by atoms with E-state index in [-0.39, 0.29) is 12.3 Å². The van der Waals surface area contributed by atoms with Crippen LogP contribution in [0.1, 0.15) is 12.2 Å². The second-order valence-corrected chi connectivity index (χ2v) is 5.94. The van der Waals surface area contributed by atoms with Gasteiger partial charge in [-0.05, 0) is 30.6 Å². The molecule has 9 heteroatoms. The number of aromatic amines is 1. The molecule has 3 aromatic heterocycles. The summed E-state index contributed by atoms with van der Waals surface area (Å²) in [5.41, 5.74) is 0. The molecule has 0 aliphatic carbocycles. The number of carbonyl (C=O) groups excluding carboxylic acids is 1. The first-order chi connectivity index (χ1) is 10.6. The van der Waals surface area contributed by atoms with Crippen molar-refractivity contribution in [3.05, 3.63) is 34.1 Å². The number of amides is 1. The average Bonchev–Trinajstić information content (AvgIpc) is 3.19. The van der Waals surface area contributed by atoms with Gasteiger partial charge >= 0.3 is 0 Å². The van der Waals surface area contributed by atoms with E-state index in [4.69, 9.17) is 16.7 Å². The van der Waals surface area contributed by atoms with E-state index < -0.39 is 0 Å². The molecule has 0 saturated heterocycles. The molecule has 3 rings (SSSR count). The van der Waals surface area contributed by atoms with E-state index in [1.807, 2.05) is 22.1 Å². The second kappa shape index (κ2) is 6.24. The van der Waals surface area contributed by atoms with Gasteiger partial charge in [0, 0.05) is 19.0 Å². The molecule has 0 fully saturated rings. The van der Waals surface area contributed by atoms with Gasteiger partial charge in [-0.15, -0.1) is 11.3 Å². The van der Waals surface area contributed by atoms with Crippen molar-refractivity contribution in [2.75, 3.05) is 5.32 Å². The quantitative estimate of drug-likeness (QED) is 0.700. The fourth-order valence-corrected chi connectivity index (χ4v) is 2.91. The maximum absolute atomic E-state index is 12.0. The molecule has 0 aromatic carbocycles. The summed E-state index contributed by atoms with van der Waals surface area (Å²) in [7, 11) is 0. The topological polar surface area (TPSA) is 88.7 Å².